The fourth-order valence-electron chi connectivity index (χ4n) is 0.880. The number of rotatable bonds is 7. The Morgan fingerprint density at radius 1 is 1.40 bits per heavy atom. The molecule has 0 aliphatic rings. The second-order valence-electron chi connectivity index (χ2n) is 3.35. The van der Waals surface area contributed by atoms with Crippen molar-refractivity contribution in [3.8, 4) is 0 Å². The molecule has 0 aliphatic heterocycles. The van der Waals surface area contributed by atoms with Crippen molar-refractivity contribution in [1.82, 2.24) is 5.32 Å². The topological polar surface area (TPSA) is 41.5 Å². The lowest BCUT2D eigenvalue weighted by Gasteiger charge is -2.21. The molecular formula is C9H18F3NO2. The van der Waals surface area contributed by atoms with E-state index in [2.05, 4.69) is 10.1 Å². The molecule has 0 aromatic carbocycles. The van der Waals surface area contributed by atoms with E-state index in [1.165, 1.54) is 0 Å². The van der Waals surface area contributed by atoms with Gasteiger partial charge in [0.15, 0.2) is 6.10 Å². The van der Waals surface area contributed by atoms with Crippen LogP contribution in [0.2, 0.25) is 0 Å². The van der Waals surface area contributed by atoms with Crippen LogP contribution in [-0.4, -0.2) is 43.2 Å². The minimum Gasteiger partial charge on any atom is -0.395 e. The zero-order valence-electron chi connectivity index (χ0n) is 8.97. The van der Waals surface area contributed by atoms with Crippen LogP contribution in [0.25, 0.3) is 0 Å². The van der Waals surface area contributed by atoms with Crippen LogP contribution in [0.5, 0.6) is 0 Å². The monoisotopic (exact) mass is 229 g/mol. The summed E-state index contributed by atoms with van der Waals surface area (Å²) < 4.78 is 40.8. The third kappa shape index (κ3) is 6.70. The smallest absolute Gasteiger partial charge is 0.395 e. The molecule has 0 fully saturated rings. The highest BCUT2D eigenvalue weighted by atomic mass is 19.4. The number of nitrogens with one attached hydrogen (secondary N) is 1. The van der Waals surface area contributed by atoms with E-state index in [9.17, 15) is 13.2 Å². The maximum absolute atomic E-state index is 12.0. The molecule has 2 unspecified atom stereocenters. The number of ether oxygens (including phenoxy) is 1. The highest BCUT2D eigenvalue weighted by Gasteiger charge is 2.37. The fourth-order valence-corrected chi connectivity index (χ4v) is 0.880. The minimum absolute atomic E-state index is 0.142. The normalized spacial score (nSPS) is 16.4. The molecule has 0 aromatic heterocycles. The molecule has 2 N–H and O–H groups in total. The van der Waals surface area contributed by atoms with Gasteiger partial charge in [0.2, 0.25) is 0 Å². The maximum atomic E-state index is 12.0. The van der Waals surface area contributed by atoms with Gasteiger partial charge in [0.05, 0.1) is 19.3 Å². The average molecular weight is 229 g/mol. The van der Waals surface area contributed by atoms with Crippen molar-refractivity contribution in [3.63, 3.8) is 0 Å². The lowest BCUT2D eigenvalue weighted by atomic mass is 10.3. The van der Waals surface area contributed by atoms with E-state index in [0.717, 1.165) is 13.3 Å². The van der Waals surface area contributed by atoms with E-state index in [4.69, 9.17) is 5.11 Å². The zero-order chi connectivity index (χ0) is 11.9. The van der Waals surface area contributed by atoms with Gasteiger partial charge in [-0.2, -0.15) is 13.2 Å². The third-order valence-electron chi connectivity index (χ3n) is 1.91. The van der Waals surface area contributed by atoms with Crippen molar-refractivity contribution in [1.29, 1.82) is 0 Å². The molecule has 0 saturated carbocycles. The third-order valence-corrected chi connectivity index (χ3v) is 1.91. The molecule has 0 spiro atoms. The van der Waals surface area contributed by atoms with Crippen LogP contribution in [0.1, 0.15) is 20.3 Å². The zero-order valence-corrected chi connectivity index (χ0v) is 8.97. The van der Waals surface area contributed by atoms with E-state index in [-0.39, 0.29) is 13.2 Å². The number of aliphatic hydroxyl groups excluding tert-OH is 1. The predicted octanol–water partition coefficient (Wildman–Crippen LogP) is 1.31. The largest absolute Gasteiger partial charge is 0.414 e. The first-order valence-corrected chi connectivity index (χ1v) is 4.94. The molecule has 92 valence electrons. The Morgan fingerprint density at radius 2 is 2.00 bits per heavy atom. The molecule has 15 heavy (non-hydrogen) atoms. The van der Waals surface area contributed by atoms with Crippen LogP contribution < -0.4 is 5.32 Å². The lowest BCUT2D eigenvalue weighted by Crippen LogP contribution is -2.40. The Bertz CT molecular complexity index is 164. The summed E-state index contributed by atoms with van der Waals surface area (Å²) in [5.74, 6) is 0. The molecule has 6 heteroatoms. The lowest BCUT2D eigenvalue weighted by molar-refractivity contribution is -0.216. The Morgan fingerprint density at radius 3 is 2.40 bits per heavy atom. The van der Waals surface area contributed by atoms with Crippen LogP contribution in [0.4, 0.5) is 13.2 Å². The molecule has 0 heterocycles. The van der Waals surface area contributed by atoms with Gasteiger partial charge in [-0.3, -0.25) is 0 Å². The van der Waals surface area contributed by atoms with Crippen molar-refractivity contribution in [2.24, 2.45) is 0 Å². The predicted molar refractivity (Wildman–Crippen MR) is 50.6 cm³/mol. The molecule has 0 amide bonds. The summed E-state index contributed by atoms with van der Waals surface area (Å²) in [5.41, 5.74) is 0. The highest BCUT2D eigenvalue weighted by Crippen LogP contribution is 2.22. The van der Waals surface area contributed by atoms with Crippen LogP contribution in [-0.2, 0) is 4.74 Å². The van der Waals surface area contributed by atoms with Crippen molar-refractivity contribution >= 4 is 0 Å². The van der Waals surface area contributed by atoms with Crippen molar-refractivity contribution in [3.05, 3.63) is 0 Å². The Hall–Kier alpha value is -0.330. The van der Waals surface area contributed by atoms with Crippen molar-refractivity contribution in [2.75, 3.05) is 19.8 Å². The average Bonchev–Trinajstić information content (AvgIpc) is 2.16. The van der Waals surface area contributed by atoms with E-state index in [1.54, 1.807) is 0 Å². The number of halogens is 3. The molecule has 0 bridgehead atoms. The van der Waals surface area contributed by atoms with Crippen LogP contribution in [0, 0.1) is 0 Å². The fraction of sp³-hybridized carbons (Fsp3) is 1.00. The summed E-state index contributed by atoms with van der Waals surface area (Å²) in [5, 5.41) is 11.7. The van der Waals surface area contributed by atoms with Crippen molar-refractivity contribution < 1.29 is 23.0 Å². The number of hydrogen-bond donors (Lipinski definition) is 2. The van der Waals surface area contributed by atoms with Gasteiger partial charge in [-0.25, -0.2) is 0 Å². The number of hydrogen-bond acceptors (Lipinski definition) is 3. The van der Waals surface area contributed by atoms with Gasteiger partial charge in [-0.05, 0) is 19.9 Å². The van der Waals surface area contributed by atoms with Crippen LogP contribution in [0.15, 0.2) is 0 Å². The summed E-state index contributed by atoms with van der Waals surface area (Å²) in [7, 11) is 0. The second-order valence-corrected chi connectivity index (χ2v) is 3.35. The van der Waals surface area contributed by atoms with Gasteiger partial charge >= 0.3 is 6.18 Å². The van der Waals surface area contributed by atoms with Gasteiger partial charge in [-0.1, -0.05) is 6.92 Å². The molecule has 0 rings (SSSR count). The Balaban J connectivity index is 3.79. The van der Waals surface area contributed by atoms with Crippen LogP contribution in [0.3, 0.4) is 0 Å². The van der Waals surface area contributed by atoms with Gasteiger partial charge in [0.1, 0.15) is 0 Å². The Labute approximate surface area is 87.6 Å². The quantitative estimate of drug-likeness (QED) is 0.691. The summed E-state index contributed by atoms with van der Waals surface area (Å²) >= 11 is 0. The van der Waals surface area contributed by atoms with Gasteiger partial charge < -0.3 is 15.2 Å². The van der Waals surface area contributed by atoms with E-state index < -0.39 is 18.3 Å². The van der Waals surface area contributed by atoms with Crippen molar-refractivity contribution in [2.45, 2.75) is 38.6 Å². The van der Waals surface area contributed by atoms with E-state index >= 15 is 0 Å². The SMILES string of the molecule is CCCNC(CO)COC(C)C(F)(F)F. The van der Waals surface area contributed by atoms with Crippen LogP contribution >= 0.6 is 0 Å². The summed E-state index contributed by atoms with van der Waals surface area (Å²) in [4.78, 5) is 0. The molecule has 3 nitrogen and oxygen atoms in total. The number of alkyl halides is 3. The highest BCUT2D eigenvalue weighted by molar-refractivity contribution is 4.67. The van der Waals surface area contributed by atoms with E-state index in [1.807, 2.05) is 6.92 Å². The molecular weight excluding hydrogens is 211 g/mol. The summed E-state index contributed by atoms with van der Waals surface area (Å²) in [6.07, 6.45) is -5.29. The van der Waals surface area contributed by atoms with E-state index in [0.29, 0.717) is 6.54 Å². The standard InChI is InChI=1S/C9H18F3NO2/c1-3-4-13-8(5-14)6-15-7(2)9(10,11)12/h7-8,13-14H,3-6H2,1-2H3. The number of aliphatic hydroxyl groups is 1. The second kappa shape index (κ2) is 7.03. The maximum Gasteiger partial charge on any atom is 0.414 e. The molecule has 0 saturated heterocycles. The van der Waals surface area contributed by atoms with Gasteiger partial charge in [0, 0.05) is 0 Å². The Kier molecular flexibility index (Phi) is 6.87. The first kappa shape index (κ1) is 14.7. The molecule has 0 radical (unpaired) electrons. The molecule has 0 aromatic rings. The first-order chi connectivity index (χ1) is 6.91. The summed E-state index contributed by atoms with van der Waals surface area (Å²) in [6.45, 7) is 3.16. The molecule has 2 atom stereocenters. The molecule has 0 aliphatic carbocycles. The van der Waals surface area contributed by atoms with Gasteiger partial charge in [-0.15, -0.1) is 0 Å². The minimum atomic E-state index is -4.34. The first-order valence-electron chi connectivity index (χ1n) is 4.94. The summed E-state index contributed by atoms with van der Waals surface area (Å²) in [6, 6.07) is -0.435. The van der Waals surface area contributed by atoms with Gasteiger partial charge in [0.25, 0.3) is 0 Å².